The molecule has 0 rings (SSSR count). The van der Waals surface area contributed by atoms with E-state index in [0.29, 0.717) is 23.9 Å². The minimum absolute atomic E-state index is 0.0313. The summed E-state index contributed by atoms with van der Waals surface area (Å²) in [5.41, 5.74) is 0. The van der Waals surface area contributed by atoms with Crippen LogP contribution in [0.1, 0.15) is 361 Å². The van der Waals surface area contributed by atoms with Crippen molar-refractivity contribution >= 4 is 19.8 Å². The smallest absolute Gasteiger partial charge is 0.462 e. The van der Waals surface area contributed by atoms with Crippen LogP contribution >= 0.6 is 7.82 Å². The number of phosphoric acid groups is 1. The average Bonchev–Trinajstić information content (AvgIpc) is 3.57. The molecule has 2 atom stereocenters. The van der Waals surface area contributed by atoms with Gasteiger partial charge in [-0.05, 0) is 83.5 Å². The van der Waals surface area contributed by atoms with E-state index >= 15 is 0 Å². The molecule has 9 nitrogen and oxygen atoms in total. The number of ether oxygens (including phenoxy) is 2. The number of hydrogen-bond acceptors (Lipinski definition) is 7. The second-order valence-electron chi connectivity index (χ2n) is 26.7. The molecule has 0 bridgehead atoms. The topological polar surface area (TPSA) is 108 Å². The van der Waals surface area contributed by atoms with Gasteiger partial charge < -0.3 is 18.9 Å². The highest BCUT2D eigenvalue weighted by Gasteiger charge is 2.27. The second kappa shape index (κ2) is 68.8. The Hall–Kier alpha value is -2.55. The average molecular weight is 1260 g/mol. The Kier molecular flexibility index (Phi) is 66.8. The van der Waals surface area contributed by atoms with Crippen molar-refractivity contribution in [1.29, 1.82) is 0 Å². The molecule has 0 aliphatic carbocycles. The number of nitrogens with zero attached hydrogens (tertiary/aromatic N) is 1. The molecule has 1 N–H and O–H groups in total. The van der Waals surface area contributed by atoms with E-state index in [-0.39, 0.29) is 25.6 Å². The maximum Gasteiger partial charge on any atom is 0.472 e. The summed E-state index contributed by atoms with van der Waals surface area (Å²) >= 11 is 0. The molecular formula is C78H145NO8P+. The Balaban J connectivity index is 3.92. The monoisotopic (exact) mass is 1260 g/mol. The van der Waals surface area contributed by atoms with Crippen LogP contribution < -0.4 is 0 Å². The molecule has 0 fully saturated rings. The fourth-order valence-electron chi connectivity index (χ4n) is 11.0. The highest BCUT2D eigenvalue weighted by Crippen LogP contribution is 2.43. The van der Waals surface area contributed by atoms with Crippen molar-refractivity contribution in [2.24, 2.45) is 0 Å². The summed E-state index contributed by atoms with van der Waals surface area (Å²) in [7, 11) is 1.49. The Morgan fingerprint density at radius 2 is 0.648 bits per heavy atom. The van der Waals surface area contributed by atoms with E-state index in [2.05, 4.69) is 86.8 Å². The Labute approximate surface area is 546 Å². The van der Waals surface area contributed by atoms with E-state index in [9.17, 15) is 19.0 Å². The maximum atomic E-state index is 12.9. The van der Waals surface area contributed by atoms with Crippen molar-refractivity contribution in [2.45, 2.75) is 367 Å². The molecule has 0 aromatic heterocycles. The number of rotatable bonds is 70. The van der Waals surface area contributed by atoms with Crippen LogP contribution in [0.3, 0.4) is 0 Å². The van der Waals surface area contributed by atoms with E-state index < -0.39 is 26.5 Å². The van der Waals surface area contributed by atoms with Crippen LogP contribution in [0.25, 0.3) is 0 Å². The fourth-order valence-corrected chi connectivity index (χ4v) is 11.7. The van der Waals surface area contributed by atoms with E-state index in [1.54, 1.807) is 0 Å². The molecule has 0 heterocycles. The number of carbonyl (C=O) groups is 2. The summed E-state index contributed by atoms with van der Waals surface area (Å²) in [4.78, 5) is 35.9. The Morgan fingerprint density at radius 1 is 0.364 bits per heavy atom. The molecule has 0 aliphatic rings. The van der Waals surface area contributed by atoms with Crippen LogP contribution in [0.4, 0.5) is 0 Å². The summed E-state index contributed by atoms with van der Waals surface area (Å²) in [6, 6.07) is 0. The third-order valence-electron chi connectivity index (χ3n) is 16.7. The Morgan fingerprint density at radius 3 is 0.966 bits per heavy atom. The van der Waals surface area contributed by atoms with Gasteiger partial charge in [0.05, 0.1) is 27.7 Å². The lowest BCUT2D eigenvalue weighted by Gasteiger charge is -2.24. The van der Waals surface area contributed by atoms with E-state index in [4.69, 9.17) is 18.5 Å². The zero-order chi connectivity index (χ0) is 64.1. The first kappa shape index (κ1) is 85.5. The molecule has 514 valence electrons. The summed E-state index contributed by atoms with van der Waals surface area (Å²) in [6.45, 7) is 4.36. The van der Waals surface area contributed by atoms with Crippen LogP contribution in [0.5, 0.6) is 0 Å². The summed E-state index contributed by atoms with van der Waals surface area (Å²) in [5.74, 6) is -0.784. The summed E-state index contributed by atoms with van der Waals surface area (Å²) < 4.78 is 34.8. The predicted molar refractivity (Wildman–Crippen MR) is 381 cm³/mol. The second-order valence-corrected chi connectivity index (χ2v) is 28.1. The van der Waals surface area contributed by atoms with Gasteiger partial charge in [-0.2, -0.15) is 0 Å². The lowest BCUT2D eigenvalue weighted by Crippen LogP contribution is -2.37. The van der Waals surface area contributed by atoms with Gasteiger partial charge in [0.1, 0.15) is 19.8 Å². The van der Waals surface area contributed by atoms with Gasteiger partial charge in [-0.25, -0.2) is 4.57 Å². The molecule has 88 heavy (non-hydrogen) atoms. The van der Waals surface area contributed by atoms with Gasteiger partial charge in [0.15, 0.2) is 6.10 Å². The number of likely N-dealkylation sites (N-methyl/N-ethyl adjacent to an activating group) is 1. The number of hydrogen-bond donors (Lipinski definition) is 1. The van der Waals surface area contributed by atoms with Gasteiger partial charge in [0, 0.05) is 12.8 Å². The quantitative estimate of drug-likeness (QED) is 0.0211. The first-order valence-electron chi connectivity index (χ1n) is 37.7. The van der Waals surface area contributed by atoms with Crippen LogP contribution in [0, 0.1) is 0 Å². The molecule has 0 aromatic rings. The number of esters is 2. The van der Waals surface area contributed by atoms with Crippen molar-refractivity contribution in [3.63, 3.8) is 0 Å². The molecule has 0 aromatic carbocycles. The third-order valence-corrected chi connectivity index (χ3v) is 17.7. The van der Waals surface area contributed by atoms with Crippen LogP contribution in [0.2, 0.25) is 0 Å². The molecular weight excluding hydrogens is 1110 g/mol. The number of carbonyl (C=O) groups excluding carboxylic acids is 2. The zero-order valence-corrected chi connectivity index (χ0v) is 59.6. The van der Waals surface area contributed by atoms with Crippen molar-refractivity contribution in [2.75, 3.05) is 47.5 Å². The van der Waals surface area contributed by atoms with Crippen molar-refractivity contribution in [3.05, 3.63) is 72.9 Å². The first-order chi connectivity index (χ1) is 43.0. The molecule has 0 saturated carbocycles. The van der Waals surface area contributed by atoms with Crippen molar-refractivity contribution in [3.8, 4) is 0 Å². The van der Waals surface area contributed by atoms with E-state index in [0.717, 1.165) is 70.6 Å². The number of unbranched alkanes of at least 4 members (excludes halogenated alkanes) is 44. The lowest BCUT2D eigenvalue weighted by molar-refractivity contribution is -0.870. The number of allylic oxidation sites excluding steroid dienone is 12. The van der Waals surface area contributed by atoms with Gasteiger partial charge in [0.25, 0.3) is 0 Å². The van der Waals surface area contributed by atoms with Gasteiger partial charge in [0.2, 0.25) is 0 Å². The third kappa shape index (κ3) is 72.5. The van der Waals surface area contributed by atoms with Crippen molar-refractivity contribution < 1.29 is 42.1 Å². The van der Waals surface area contributed by atoms with Crippen LogP contribution in [0.15, 0.2) is 72.9 Å². The standard InChI is InChI=1S/C78H144NO8P/c1-6-8-10-12-14-16-18-20-22-24-26-28-30-32-33-34-35-36-37-38-39-40-41-42-43-44-45-47-48-50-52-54-56-58-60-62-64-66-68-70-77(80)84-74-76(75-86-88(82,83)85-73-72-79(3,4)5)87-78(81)71-69-67-65-63-61-59-57-55-53-51-49-46-31-29-27-25-23-21-19-17-15-13-11-9-7-2/h9,11,15,17-18,20-21,23-24,26-27,29,76H,6-8,10,12-14,16,19,22,25,28,30-75H2,1-5H3/p+1/b11-9-,17-15-,20-18-,23-21-,26-24-,29-27-. The molecule has 0 spiro atoms. The number of quaternary nitrogens is 1. The summed E-state index contributed by atoms with van der Waals surface area (Å²) in [5, 5.41) is 0. The Bertz CT molecular complexity index is 1710. The van der Waals surface area contributed by atoms with Gasteiger partial charge >= 0.3 is 19.8 Å². The highest BCUT2D eigenvalue weighted by molar-refractivity contribution is 7.47. The lowest BCUT2D eigenvalue weighted by atomic mass is 10.0. The van der Waals surface area contributed by atoms with E-state index in [1.807, 2.05) is 21.1 Å². The zero-order valence-electron chi connectivity index (χ0n) is 58.7. The van der Waals surface area contributed by atoms with Gasteiger partial charge in [-0.1, -0.05) is 337 Å². The highest BCUT2D eigenvalue weighted by atomic mass is 31.2. The molecule has 10 heteroatoms. The fraction of sp³-hybridized carbons (Fsp3) is 0.821. The summed E-state index contributed by atoms with van der Waals surface area (Å²) in [6.07, 6.45) is 93.2. The van der Waals surface area contributed by atoms with E-state index in [1.165, 1.54) is 257 Å². The number of phosphoric ester groups is 1. The van der Waals surface area contributed by atoms with Gasteiger partial charge in [-0.15, -0.1) is 0 Å². The van der Waals surface area contributed by atoms with Crippen LogP contribution in [-0.4, -0.2) is 74.9 Å². The molecule has 0 amide bonds. The van der Waals surface area contributed by atoms with Crippen LogP contribution in [-0.2, 0) is 32.7 Å². The molecule has 2 unspecified atom stereocenters. The minimum atomic E-state index is -4.39. The predicted octanol–water partition coefficient (Wildman–Crippen LogP) is 24.7. The molecule has 0 radical (unpaired) electrons. The normalized spacial score (nSPS) is 13.5. The largest absolute Gasteiger partial charge is 0.472 e. The van der Waals surface area contributed by atoms with Crippen molar-refractivity contribution in [1.82, 2.24) is 0 Å². The molecule has 0 aliphatic heterocycles. The molecule has 0 saturated heterocycles. The minimum Gasteiger partial charge on any atom is -0.462 e. The van der Waals surface area contributed by atoms with Gasteiger partial charge in [-0.3, -0.25) is 18.6 Å². The first-order valence-corrected chi connectivity index (χ1v) is 39.2. The maximum absolute atomic E-state index is 12.9. The SMILES string of the molecule is CC/C=C\C/C=C\C/C=C\C/C=C\CCCCCCCCCCCCCCC(=O)OC(COC(=O)CCCCCCCCCCCCCCCCCCCCCCCCCCCCC/C=C\C/C=C\CCCCCCC)COP(=O)(O)OCC[N+](C)(C)C.